The van der Waals surface area contributed by atoms with Gasteiger partial charge in [-0.05, 0) is 49.2 Å². The van der Waals surface area contributed by atoms with E-state index in [1.54, 1.807) is 49.4 Å². The van der Waals surface area contributed by atoms with Gasteiger partial charge in [-0.25, -0.2) is 4.39 Å². The summed E-state index contributed by atoms with van der Waals surface area (Å²) in [5.41, 5.74) is 0.578. The lowest BCUT2D eigenvalue weighted by molar-refractivity contribution is -0.127. The Balaban J connectivity index is 1.79. The molecule has 0 spiro atoms. The molecule has 2 rings (SSSR count). The van der Waals surface area contributed by atoms with E-state index in [1.165, 1.54) is 6.07 Å². The van der Waals surface area contributed by atoms with Gasteiger partial charge in [0.25, 0.3) is 5.91 Å². The number of hydrogen-bond acceptors (Lipinski definition) is 2. The molecule has 1 atom stereocenters. The minimum Gasteiger partial charge on any atom is -0.481 e. The molecule has 1 amide bonds. The van der Waals surface area contributed by atoms with Crippen molar-refractivity contribution >= 4 is 17.5 Å². The van der Waals surface area contributed by atoms with Crippen LogP contribution in [0.3, 0.4) is 0 Å². The standard InChI is InChI=1S/C17H17ClFNO2/c1-12(22-15-8-6-14(18)7-9-15)17(21)20-11-10-13-4-2-3-5-16(13)19/h2-9,12H,10-11H2,1H3,(H,20,21). The highest BCUT2D eigenvalue weighted by Gasteiger charge is 2.14. The van der Waals surface area contributed by atoms with Crippen LogP contribution in [0.4, 0.5) is 4.39 Å². The van der Waals surface area contributed by atoms with E-state index in [4.69, 9.17) is 16.3 Å². The highest BCUT2D eigenvalue weighted by atomic mass is 35.5. The molecule has 2 aromatic rings. The third-order valence-electron chi connectivity index (χ3n) is 3.15. The van der Waals surface area contributed by atoms with E-state index in [2.05, 4.69) is 5.32 Å². The summed E-state index contributed by atoms with van der Waals surface area (Å²) in [5, 5.41) is 3.34. The van der Waals surface area contributed by atoms with Gasteiger partial charge < -0.3 is 10.1 Å². The van der Waals surface area contributed by atoms with Gasteiger partial charge >= 0.3 is 0 Å². The molecule has 0 fully saturated rings. The number of hydrogen-bond donors (Lipinski definition) is 1. The molecule has 0 aliphatic carbocycles. The van der Waals surface area contributed by atoms with Crippen LogP contribution in [0.25, 0.3) is 0 Å². The monoisotopic (exact) mass is 321 g/mol. The molecule has 3 nitrogen and oxygen atoms in total. The van der Waals surface area contributed by atoms with Crippen LogP contribution < -0.4 is 10.1 Å². The van der Waals surface area contributed by atoms with E-state index < -0.39 is 6.10 Å². The van der Waals surface area contributed by atoms with Crippen molar-refractivity contribution in [3.8, 4) is 5.75 Å². The lowest BCUT2D eigenvalue weighted by Crippen LogP contribution is -2.37. The van der Waals surface area contributed by atoms with Crippen LogP contribution >= 0.6 is 11.6 Å². The fraction of sp³-hybridized carbons (Fsp3) is 0.235. The van der Waals surface area contributed by atoms with E-state index in [0.717, 1.165) is 0 Å². The SMILES string of the molecule is CC(Oc1ccc(Cl)cc1)C(=O)NCCc1ccccc1F. The molecule has 0 aromatic heterocycles. The number of amides is 1. The zero-order valence-electron chi connectivity index (χ0n) is 12.2. The van der Waals surface area contributed by atoms with Gasteiger partial charge in [-0.2, -0.15) is 0 Å². The number of nitrogens with one attached hydrogen (secondary N) is 1. The lowest BCUT2D eigenvalue weighted by atomic mass is 10.1. The number of carbonyl (C=O) groups is 1. The minimum atomic E-state index is -0.637. The third kappa shape index (κ3) is 4.74. The van der Waals surface area contributed by atoms with Crippen LogP contribution in [0.2, 0.25) is 5.02 Å². The van der Waals surface area contributed by atoms with Crippen LogP contribution in [0.5, 0.6) is 5.75 Å². The molecule has 2 aromatic carbocycles. The first-order valence-electron chi connectivity index (χ1n) is 6.99. The smallest absolute Gasteiger partial charge is 0.260 e. The first kappa shape index (κ1) is 16.3. The summed E-state index contributed by atoms with van der Waals surface area (Å²) in [4.78, 5) is 11.9. The Kier molecular flexibility index (Phi) is 5.78. The second-order valence-corrected chi connectivity index (χ2v) is 5.28. The molecule has 0 radical (unpaired) electrons. The molecule has 22 heavy (non-hydrogen) atoms. The number of benzene rings is 2. The van der Waals surface area contributed by atoms with Crippen molar-refractivity contribution in [2.45, 2.75) is 19.4 Å². The summed E-state index contributed by atoms with van der Waals surface area (Å²) < 4.78 is 19.0. The Morgan fingerprint density at radius 3 is 2.59 bits per heavy atom. The Morgan fingerprint density at radius 2 is 1.91 bits per heavy atom. The van der Waals surface area contributed by atoms with E-state index in [-0.39, 0.29) is 11.7 Å². The second-order valence-electron chi connectivity index (χ2n) is 4.85. The van der Waals surface area contributed by atoms with E-state index in [1.807, 2.05) is 0 Å². The van der Waals surface area contributed by atoms with Crippen molar-refractivity contribution in [3.63, 3.8) is 0 Å². The van der Waals surface area contributed by atoms with Gasteiger partial charge in [-0.1, -0.05) is 29.8 Å². The highest BCUT2D eigenvalue weighted by Crippen LogP contribution is 2.16. The van der Waals surface area contributed by atoms with Gasteiger partial charge in [0.15, 0.2) is 6.10 Å². The Morgan fingerprint density at radius 1 is 1.23 bits per heavy atom. The maximum absolute atomic E-state index is 13.4. The normalized spacial score (nSPS) is 11.8. The van der Waals surface area contributed by atoms with Crippen molar-refractivity contribution in [1.29, 1.82) is 0 Å². The minimum absolute atomic E-state index is 0.244. The van der Waals surface area contributed by atoms with Gasteiger partial charge in [0, 0.05) is 11.6 Å². The maximum Gasteiger partial charge on any atom is 0.260 e. The van der Waals surface area contributed by atoms with Crippen LogP contribution in [0.15, 0.2) is 48.5 Å². The number of rotatable bonds is 6. The van der Waals surface area contributed by atoms with Crippen molar-refractivity contribution in [2.75, 3.05) is 6.54 Å². The molecular weight excluding hydrogens is 305 g/mol. The predicted octanol–water partition coefficient (Wildman–Crippen LogP) is 3.61. The maximum atomic E-state index is 13.4. The summed E-state index contributed by atoms with van der Waals surface area (Å²) in [6, 6.07) is 13.3. The Hall–Kier alpha value is -2.07. The highest BCUT2D eigenvalue weighted by molar-refractivity contribution is 6.30. The molecule has 1 N–H and O–H groups in total. The van der Waals surface area contributed by atoms with Crippen molar-refractivity contribution in [2.24, 2.45) is 0 Å². The predicted molar refractivity (Wildman–Crippen MR) is 84.7 cm³/mol. The van der Waals surface area contributed by atoms with E-state index in [9.17, 15) is 9.18 Å². The van der Waals surface area contributed by atoms with Crippen LogP contribution in [-0.4, -0.2) is 18.6 Å². The summed E-state index contributed by atoms with van der Waals surface area (Å²) in [6.45, 7) is 2.02. The quantitative estimate of drug-likeness (QED) is 0.882. The molecule has 1 unspecified atom stereocenters. The Labute approximate surface area is 134 Å². The van der Waals surface area contributed by atoms with Crippen LogP contribution in [-0.2, 0) is 11.2 Å². The fourth-order valence-electron chi connectivity index (χ4n) is 1.94. The van der Waals surface area contributed by atoms with Crippen LogP contribution in [0.1, 0.15) is 12.5 Å². The van der Waals surface area contributed by atoms with E-state index >= 15 is 0 Å². The molecule has 116 valence electrons. The molecule has 0 saturated heterocycles. The van der Waals surface area contributed by atoms with E-state index in [0.29, 0.717) is 29.3 Å². The lowest BCUT2D eigenvalue weighted by Gasteiger charge is -2.14. The van der Waals surface area contributed by atoms with Gasteiger partial charge in [0.2, 0.25) is 0 Å². The molecule has 0 bridgehead atoms. The van der Waals surface area contributed by atoms with Gasteiger partial charge in [-0.15, -0.1) is 0 Å². The molecule has 0 heterocycles. The van der Waals surface area contributed by atoms with Gasteiger partial charge in [-0.3, -0.25) is 4.79 Å². The molecule has 0 aliphatic heterocycles. The summed E-state index contributed by atoms with van der Waals surface area (Å²) in [5.74, 6) is 0.0645. The Bertz CT molecular complexity index is 631. The molecular formula is C17H17ClFNO2. The largest absolute Gasteiger partial charge is 0.481 e. The summed E-state index contributed by atoms with van der Waals surface area (Å²) in [7, 11) is 0. The summed E-state index contributed by atoms with van der Waals surface area (Å²) in [6.07, 6.45) is -0.201. The average molecular weight is 322 g/mol. The number of ether oxygens (including phenoxy) is 1. The molecule has 5 heteroatoms. The van der Waals surface area contributed by atoms with Crippen molar-refractivity contribution in [3.05, 3.63) is 64.9 Å². The zero-order chi connectivity index (χ0) is 15.9. The molecule has 0 aliphatic rings. The summed E-state index contributed by atoms with van der Waals surface area (Å²) >= 11 is 5.78. The fourth-order valence-corrected chi connectivity index (χ4v) is 2.06. The second kappa shape index (κ2) is 7.80. The van der Waals surface area contributed by atoms with Gasteiger partial charge in [0.05, 0.1) is 0 Å². The number of carbonyl (C=O) groups excluding carboxylic acids is 1. The number of halogens is 2. The zero-order valence-corrected chi connectivity index (χ0v) is 12.9. The topological polar surface area (TPSA) is 38.3 Å². The van der Waals surface area contributed by atoms with Crippen molar-refractivity contribution in [1.82, 2.24) is 5.32 Å². The first-order chi connectivity index (χ1) is 10.6. The van der Waals surface area contributed by atoms with Crippen molar-refractivity contribution < 1.29 is 13.9 Å². The first-order valence-corrected chi connectivity index (χ1v) is 7.37. The third-order valence-corrected chi connectivity index (χ3v) is 3.40. The van der Waals surface area contributed by atoms with Gasteiger partial charge in [0.1, 0.15) is 11.6 Å². The van der Waals surface area contributed by atoms with Crippen LogP contribution in [0, 0.1) is 5.82 Å². The average Bonchev–Trinajstić information content (AvgIpc) is 2.51. The molecule has 0 saturated carbocycles.